The molecule has 5 rings (SSSR count). The van der Waals surface area contributed by atoms with E-state index in [1.807, 2.05) is 0 Å². The molecule has 2 aliphatic heterocycles. The molecular weight excluding hydrogens is 600 g/mol. The van der Waals surface area contributed by atoms with E-state index in [0.717, 1.165) is 21.1 Å². The fourth-order valence-corrected chi connectivity index (χ4v) is 6.96. The van der Waals surface area contributed by atoms with Crippen molar-refractivity contribution in [3.63, 3.8) is 0 Å². The number of carboxylic acid groups (broad SMARTS) is 2. The maximum absolute atomic E-state index is 13.1. The van der Waals surface area contributed by atoms with Crippen molar-refractivity contribution in [2.75, 3.05) is 11.5 Å². The molecule has 0 saturated carbocycles. The molecule has 3 aromatic heterocycles. The third-order valence-corrected chi connectivity index (χ3v) is 9.02. The quantitative estimate of drug-likeness (QED) is 0.0801. The summed E-state index contributed by atoms with van der Waals surface area (Å²) < 4.78 is 3.30. The molecule has 19 heteroatoms. The van der Waals surface area contributed by atoms with Gasteiger partial charge < -0.3 is 31.8 Å². The van der Waals surface area contributed by atoms with Gasteiger partial charge >= 0.3 is 11.9 Å². The van der Waals surface area contributed by atoms with Gasteiger partial charge in [-0.05, 0) is 6.92 Å². The van der Waals surface area contributed by atoms with E-state index in [1.165, 1.54) is 35.4 Å². The third-order valence-electron chi connectivity index (χ3n) is 6.12. The predicted molar refractivity (Wildman–Crippen MR) is 145 cm³/mol. The Morgan fingerprint density at radius 3 is 2.68 bits per heavy atom. The molecule has 1 saturated heterocycles. The van der Waals surface area contributed by atoms with Crippen molar-refractivity contribution in [3.8, 4) is 0 Å². The average Bonchev–Trinajstić information content (AvgIpc) is 3.62. The van der Waals surface area contributed by atoms with Crippen LogP contribution in [-0.4, -0.2) is 83.1 Å². The van der Waals surface area contributed by atoms with Gasteiger partial charge in [-0.15, -0.1) is 23.1 Å². The fraction of sp³-hybridized carbons (Fsp3) is 0.273. The van der Waals surface area contributed by atoms with Gasteiger partial charge in [-0.25, -0.2) is 19.1 Å². The SMILES string of the molecule is C[C@H](O/N=C(\C(=O)N[C@@H]1C(=O)N2C(C(=O)O)=C(C[n+]3cc4scc(C(N)=O)n4c3)CS[C@H]12)c1csc(N)n1)C(=O)O. The number of aromatic nitrogens is 3. The number of oxime groups is 1. The van der Waals surface area contributed by atoms with Crippen molar-refractivity contribution >= 4 is 79.8 Å². The molecule has 1 fully saturated rings. The predicted octanol–water partition coefficient (Wildman–Crippen LogP) is -0.941. The lowest BCUT2D eigenvalue weighted by atomic mass is 10.0. The lowest BCUT2D eigenvalue weighted by molar-refractivity contribution is -0.687. The first-order valence-electron chi connectivity index (χ1n) is 11.6. The number of amides is 3. The standard InChI is InChI=1S/C22H20N8O8S3/c1-8(20(34)35)38-27-13(10-5-41-22(24)25-10)17(32)26-14-18(33)30-15(21(36)37)9(4-40-19(14)30)2-28-3-12-29(7-28)11(6-39-12)16(23)31/h3,5-8,14,19H,2,4H2,1H3,(H6-,23,24,25,26,31,32,34,35,36,37)/p+1/b27-13-/t8-,14+,19+/m0/s1. The zero-order valence-electron chi connectivity index (χ0n) is 20.9. The van der Waals surface area contributed by atoms with Crippen LogP contribution in [-0.2, 0) is 30.6 Å². The summed E-state index contributed by atoms with van der Waals surface area (Å²) >= 11 is 3.57. The minimum atomic E-state index is -1.37. The number of aliphatic carboxylic acids is 2. The number of carbonyl (C=O) groups excluding carboxylic acids is 3. The summed E-state index contributed by atoms with van der Waals surface area (Å²) in [4.78, 5) is 72.0. The van der Waals surface area contributed by atoms with Gasteiger partial charge in [0.05, 0.1) is 0 Å². The van der Waals surface area contributed by atoms with Gasteiger partial charge in [0, 0.05) is 22.1 Å². The number of nitrogen functional groups attached to an aromatic ring is 1. The van der Waals surface area contributed by atoms with Gasteiger partial charge in [0.1, 0.15) is 35.5 Å². The molecule has 16 nitrogen and oxygen atoms in total. The zero-order valence-corrected chi connectivity index (χ0v) is 23.4. The number of primary amides is 1. The number of carboxylic acids is 2. The molecule has 0 bridgehead atoms. The first-order valence-corrected chi connectivity index (χ1v) is 14.4. The summed E-state index contributed by atoms with van der Waals surface area (Å²) in [5.41, 5.74) is 11.2. The van der Waals surface area contributed by atoms with Crippen molar-refractivity contribution in [1.29, 1.82) is 0 Å². The molecule has 0 spiro atoms. The minimum Gasteiger partial charge on any atom is -0.478 e. The molecule has 214 valence electrons. The number of hydrogen-bond donors (Lipinski definition) is 5. The van der Waals surface area contributed by atoms with Crippen molar-refractivity contribution in [2.24, 2.45) is 10.9 Å². The molecule has 3 aromatic rings. The number of β-lactam (4-membered cyclic amide) rings is 1. The Hall–Kier alpha value is -4.49. The lowest BCUT2D eigenvalue weighted by Gasteiger charge is -2.49. The number of hydrogen-bond acceptors (Lipinski definition) is 12. The number of fused-ring (bicyclic) bond motifs is 2. The molecular formula is C22H21N8O8S3+. The van der Waals surface area contributed by atoms with E-state index in [-0.39, 0.29) is 34.5 Å². The van der Waals surface area contributed by atoms with Crippen LogP contribution in [0.2, 0.25) is 0 Å². The molecule has 0 aromatic carbocycles. The van der Waals surface area contributed by atoms with Crippen molar-refractivity contribution in [2.45, 2.75) is 31.0 Å². The van der Waals surface area contributed by atoms with Gasteiger partial charge in [0.2, 0.25) is 16.6 Å². The number of nitrogens with two attached hydrogens (primary N) is 2. The molecule has 3 amide bonds. The van der Waals surface area contributed by atoms with E-state index in [9.17, 15) is 29.1 Å². The average molecular weight is 622 g/mol. The van der Waals surface area contributed by atoms with Gasteiger partial charge in [-0.2, -0.15) is 4.40 Å². The van der Waals surface area contributed by atoms with Crippen LogP contribution in [0.4, 0.5) is 5.13 Å². The number of carbonyl (C=O) groups is 5. The first kappa shape index (κ1) is 28.1. The largest absolute Gasteiger partial charge is 0.478 e. The van der Waals surface area contributed by atoms with E-state index >= 15 is 0 Å². The third kappa shape index (κ3) is 5.21. The summed E-state index contributed by atoms with van der Waals surface area (Å²) in [7, 11) is 0. The highest BCUT2D eigenvalue weighted by Gasteiger charge is 2.54. The zero-order chi connectivity index (χ0) is 29.6. The highest BCUT2D eigenvalue weighted by molar-refractivity contribution is 8.00. The molecule has 0 unspecified atom stereocenters. The maximum atomic E-state index is 13.1. The number of rotatable bonds is 10. The molecule has 5 heterocycles. The van der Waals surface area contributed by atoms with Crippen LogP contribution >= 0.6 is 34.4 Å². The van der Waals surface area contributed by atoms with E-state index in [2.05, 4.69) is 15.5 Å². The molecule has 0 aliphatic carbocycles. The molecule has 41 heavy (non-hydrogen) atoms. The topological polar surface area (TPSA) is 236 Å². The number of nitrogens with one attached hydrogen (secondary N) is 1. The summed E-state index contributed by atoms with van der Waals surface area (Å²) in [6.45, 7) is 1.35. The monoisotopic (exact) mass is 621 g/mol. The molecule has 7 N–H and O–H groups in total. The molecule has 0 radical (unpaired) electrons. The van der Waals surface area contributed by atoms with Crippen LogP contribution in [0.25, 0.3) is 4.83 Å². The second kappa shape index (κ2) is 10.8. The van der Waals surface area contributed by atoms with Crippen molar-refractivity contribution in [3.05, 3.63) is 45.9 Å². The van der Waals surface area contributed by atoms with Gasteiger partial charge in [-0.1, -0.05) is 16.5 Å². The van der Waals surface area contributed by atoms with Gasteiger partial charge in [-0.3, -0.25) is 19.3 Å². The normalized spacial score (nSPS) is 19.5. The Kier molecular flexibility index (Phi) is 7.41. The van der Waals surface area contributed by atoms with Crippen molar-refractivity contribution in [1.82, 2.24) is 19.6 Å². The van der Waals surface area contributed by atoms with Crippen LogP contribution in [0.1, 0.15) is 23.1 Å². The Balaban J connectivity index is 1.35. The van der Waals surface area contributed by atoms with E-state index in [4.69, 9.17) is 21.4 Å². The number of thiazole rings is 2. The Morgan fingerprint density at radius 1 is 1.29 bits per heavy atom. The fourth-order valence-electron chi connectivity index (χ4n) is 4.16. The van der Waals surface area contributed by atoms with Crippen LogP contribution in [0.5, 0.6) is 0 Å². The number of imidazole rings is 1. The van der Waals surface area contributed by atoms with E-state index in [0.29, 0.717) is 5.57 Å². The van der Waals surface area contributed by atoms with Gasteiger partial charge in [0.25, 0.3) is 24.0 Å². The van der Waals surface area contributed by atoms with Crippen LogP contribution in [0.3, 0.4) is 0 Å². The van der Waals surface area contributed by atoms with E-state index < -0.39 is 52.9 Å². The summed E-state index contributed by atoms with van der Waals surface area (Å²) in [5, 5.41) is 27.7. The van der Waals surface area contributed by atoms with Gasteiger partial charge in [0.15, 0.2) is 10.8 Å². The highest BCUT2D eigenvalue weighted by Crippen LogP contribution is 2.40. The smallest absolute Gasteiger partial charge is 0.352 e. The number of nitrogens with zero attached hydrogens (tertiary/aromatic N) is 5. The molecule has 2 aliphatic rings. The molecule has 3 atom stereocenters. The first-order chi connectivity index (χ1) is 19.5. The summed E-state index contributed by atoms with van der Waals surface area (Å²) in [6.07, 6.45) is 1.98. The van der Waals surface area contributed by atoms with Crippen molar-refractivity contribution < 1.29 is 43.6 Å². The Labute approximate surface area is 241 Å². The summed E-state index contributed by atoms with van der Waals surface area (Å²) in [6, 6.07) is -1.09. The Morgan fingerprint density at radius 2 is 2.05 bits per heavy atom. The van der Waals surface area contributed by atoms with Crippen LogP contribution in [0, 0.1) is 0 Å². The Bertz CT molecular complexity index is 1670. The minimum absolute atomic E-state index is 0.0138. The second-order valence-electron chi connectivity index (χ2n) is 8.83. The van der Waals surface area contributed by atoms with Crippen LogP contribution in [0.15, 0.2) is 39.7 Å². The van der Waals surface area contributed by atoms with Crippen LogP contribution < -0.4 is 21.4 Å². The number of thioether (sulfide) groups is 1. The lowest BCUT2D eigenvalue weighted by Crippen LogP contribution is -2.71. The second-order valence-corrected chi connectivity index (χ2v) is 11.7. The highest BCUT2D eigenvalue weighted by atomic mass is 32.2. The number of anilines is 1. The van der Waals surface area contributed by atoms with E-state index in [1.54, 1.807) is 26.9 Å². The maximum Gasteiger partial charge on any atom is 0.352 e. The summed E-state index contributed by atoms with van der Waals surface area (Å²) in [5.74, 6) is -4.52.